The highest BCUT2D eigenvalue weighted by Crippen LogP contribution is 2.38. The van der Waals surface area contributed by atoms with Crippen LogP contribution in [0.1, 0.15) is 43.9 Å². The molecule has 0 fully saturated rings. The fourth-order valence-electron chi connectivity index (χ4n) is 4.13. The van der Waals surface area contributed by atoms with Gasteiger partial charge in [0.2, 0.25) is 11.8 Å². The predicted octanol–water partition coefficient (Wildman–Crippen LogP) is 7.50. The van der Waals surface area contributed by atoms with Crippen molar-refractivity contribution in [2.24, 2.45) is 0 Å². The standard InChI is InChI=1S/C30H31Cl3F3N3O4S/c1-5-19(3)37-29(41)20(4)38(16-21-8-9-22(31)14-27(21)33)28(40)17-39(44(42,43)24-11-6-18(2)7-12-24)23-10-13-26(32)25(15-23)30(34,35)36/h6-15,19-20H,5,16-17H2,1-4H3,(H,37,41)/t19-,20+/m0/s1. The SMILES string of the molecule is CC[C@H](C)NC(=O)[C@@H](C)N(Cc1ccc(Cl)cc1Cl)C(=O)CN(c1ccc(Cl)c(C(F)(F)F)c1)S(=O)(=O)c1ccc(C)cc1. The van der Waals surface area contributed by atoms with Gasteiger partial charge in [0, 0.05) is 22.6 Å². The molecule has 44 heavy (non-hydrogen) atoms. The van der Waals surface area contributed by atoms with Gasteiger partial charge < -0.3 is 10.2 Å². The molecule has 14 heteroatoms. The molecule has 0 saturated carbocycles. The maximum absolute atomic E-state index is 14.0. The number of carbonyl (C=O) groups is 2. The molecule has 0 aliphatic carbocycles. The van der Waals surface area contributed by atoms with Crippen molar-refractivity contribution in [3.63, 3.8) is 0 Å². The largest absolute Gasteiger partial charge is 0.417 e. The number of anilines is 1. The van der Waals surface area contributed by atoms with E-state index in [-0.39, 0.29) is 22.5 Å². The van der Waals surface area contributed by atoms with Crippen LogP contribution >= 0.6 is 34.8 Å². The van der Waals surface area contributed by atoms with E-state index in [4.69, 9.17) is 34.8 Å². The fourth-order valence-corrected chi connectivity index (χ4v) is 6.23. The molecule has 1 N–H and O–H groups in total. The molecule has 3 aromatic rings. The number of benzene rings is 3. The molecule has 0 saturated heterocycles. The minimum Gasteiger partial charge on any atom is -0.352 e. The first kappa shape index (κ1) is 35.5. The Balaban J connectivity index is 2.14. The zero-order valence-electron chi connectivity index (χ0n) is 24.3. The van der Waals surface area contributed by atoms with Crippen LogP contribution in [0.15, 0.2) is 65.6 Å². The van der Waals surface area contributed by atoms with Crippen molar-refractivity contribution in [2.75, 3.05) is 10.8 Å². The minimum atomic E-state index is -4.91. The lowest BCUT2D eigenvalue weighted by atomic mass is 10.1. The van der Waals surface area contributed by atoms with Gasteiger partial charge in [-0.2, -0.15) is 13.2 Å². The van der Waals surface area contributed by atoms with Gasteiger partial charge in [-0.15, -0.1) is 0 Å². The lowest BCUT2D eigenvalue weighted by molar-refractivity contribution is -0.139. The molecule has 238 valence electrons. The third kappa shape index (κ3) is 8.59. The van der Waals surface area contributed by atoms with Crippen LogP contribution in [0.4, 0.5) is 18.9 Å². The summed E-state index contributed by atoms with van der Waals surface area (Å²) >= 11 is 18.2. The van der Waals surface area contributed by atoms with Crippen molar-refractivity contribution >= 4 is 62.3 Å². The number of amides is 2. The maximum atomic E-state index is 14.0. The number of aryl methyl sites for hydroxylation is 1. The Morgan fingerprint density at radius 3 is 2.14 bits per heavy atom. The van der Waals surface area contributed by atoms with Crippen molar-refractivity contribution in [2.45, 2.75) is 63.8 Å². The van der Waals surface area contributed by atoms with E-state index in [1.165, 1.54) is 43.3 Å². The van der Waals surface area contributed by atoms with Crippen molar-refractivity contribution in [3.8, 4) is 0 Å². The van der Waals surface area contributed by atoms with Crippen molar-refractivity contribution < 1.29 is 31.2 Å². The van der Waals surface area contributed by atoms with E-state index in [2.05, 4.69) is 5.32 Å². The number of hydrogen-bond acceptors (Lipinski definition) is 4. The zero-order valence-corrected chi connectivity index (χ0v) is 27.3. The molecular weight excluding hydrogens is 662 g/mol. The van der Waals surface area contributed by atoms with Crippen LogP contribution < -0.4 is 9.62 Å². The summed E-state index contributed by atoms with van der Waals surface area (Å²) in [5.41, 5.74) is -0.577. The average Bonchev–Trinajstić information content (AvgIpc) is 2.94. The quantitative estimate of drug-likeness (QED) is 0.226. The van der Waals surface area contributed by atoms with Crippen LogP contribution in [0.5, 0.6) is 0 Å². The van der Waals surface area contributed by atoms with Gasteiger partial charge in [-0.1, -0.05) is 65.5 Å². The summed E-state index contributed by atoms with van der Waals surface area (Å²) in [7, 11) is -4.60. The Bertz CT molecular complexity index is 1620. The Labute approximate surface area is 269 Å². The lowest BCUT2D eigenvalue weighted by Gasteiger charge is -2.33. The number of nitrogens with zero attached hydrogens (tertiary/aromatic N) is 2. The molecule has 0 heterocycles. The molecule has 7 nitrogen and oxygen atoms in total. The van der Waals surface area contributed by atoms with Crippen LogP contribution in [-0.4, -0.2) is 43.8 Å². The molecule has 0 radical (unpaired) electrons. The molecule has 2 amide bonds. The number of rotatable bonds is 11. The van der Waals surface area contributed by atoms with E-state index in [1.807, 2.05) is 6.92 Å². The van der Waals surface area contributed by atoms with Gasteiger partial charge in [0.25, 0.3) is 10.0 Å². The lowest BCUT2D eigenvalue weighted by Crippen LogP contribution is -2.52. The van der Waals surface area contributed by atoms with E-state index in [0.717, 1.165) is 22.6 Å². The summed E-state index contributed by atoms with van der Waals surface area (Å²) in [5, 5.41) is 2.68. The second-order valence-corrected chi connectivity index (χ2v) is 13.4. The molecule has 2 atom stereocenters. The summed E-state index contributed by atoms with van der Waals surface area (Å²) in [5.74, 6) is -1.39. The van der Waals surface area contributed by atoms with Crippen molar-refractivity contribution in [1.29, 1.82) is 0 Å². The van der Waals surface area contributed by atoms with Gasteiger partial charge in [0.15, 0.2) is 0 Å². The highest BCUT2D eigenvalue weighted by atomic mass is 35.5. The van der Waals surface area contributed by atoms with Crippen molar-refractivity contribution in [3.05, 3.63) is 92.4 Å². The molecule has 3 aromatic carbocycles. The second-order valence-electron chi connectivity index (χ2n) is 10.2. The van der Waals surface area contributed by atoms with Crippen molar-refractivity contribution in [1.82, 2.24) is 10.2 Å². The zero-order chi connectivity index (χ0) is 33.0. The molecule has 0 aliphatic heterocycles. The second kappa shape index (κ2) is 14.4. The monoisotopic (exact) mass is 691 g/mol. The Kier molecular flexibility index (Phi) is 11.6. The van der Waals surface area contributed by atoms with E-state index < -0.39 is 56.9 Å². The van der Waals surface area contributed by atoms with Crippen LogP contribution in [0.25, 0.3) is 0 Å². The van der Waals surface area contributed by atoms with Gasteiger partial charge in [-0.05, 0) is 75.2 Å². The van der Waals surface area contributed by atoms with E-state index in [1.54, 1.807) is 19.9 Å². The normalized spacial score (nSPS) is 13.2. The van der Waals surface area contributed by atoms with Crippen LogP contribution in [-0.2, 0) is 32.3 Å². The summed E-state index contributed by atoms with van der Waals surface area (Å²) in [6, 6.07) is 11.4. The highest BCUT2D eigenvalue weighted by Gasteiger charge is 2.37. The number of sulfonamides is 1. The summed E-state index contributed by atoms with van der Waals surface area (Å²) in [6.07, 6.45) is -4.30. The van der Waals surface area contributed by atoms with Gasteiger partial charge in [-0.3, -0.25) is 13.9 Å². The third-order valence-electron chi connectivity index (χ3n) is 6.96. The van der Waals surface area contributed by atoms with Gasteiger partial charge in [0.05, 0.1) is 21.2 Å². The smallest absolute Gasteiger partial charge is 0.352 e. The molecular formula is C30H31Cl3F3N3O4S. The van der Waals surface area contributed by atoms with Gasteiger partial charge in [-0.25, -0.2) is 8.42 Å². The minimum absolute atomic E-state index is 0.196. The molecule has 3 rings (SSSR count). The molecule has 0 aromatic heterocycles. The number of hydrogen-bond donors (Lipinski definition) is 1. The Morgan fingerprint density at radius 2 is 1.57 bits per heavy atom. The maximum Gasteiger partial charge on any atom is 0.417 e. The predicted molar refractivity (Wildman–Crippen MR) is 167 cm³/mol. The first-order valence-corrected chi connectivity index (χ1v) is 16.0. The van der Waals surface area contributed by atoms with Crippen LogP contribution in [0, 0.1) is 6.92 Å². The van der Waals surface area contributed by atoms with E-state index in [0.29, 0.717) is 27.4 Å². The Morgan fingerprint density at radius 1 is 0.932 bits per heavy atom. The molecule has 0 spiro atoms. The summed E-state index contributed by atoms with van der Waals surface area (Å²) < 4.78 is 69.8. The number of halogens is 6. The number of alkyl halides is 3. The summed E-state index contributed by atoms with van der Waals surface area (Å²) in [4.78, 5) is 28.0. The number of nitrogens with one attached hydrogen (secondary N) is 1. The highest BCUT2D eigenvalue weighted by molar-refractivity contribution is 7.92. The van der Waals surface area contributed by atoms with Gasteiger partial charge in [0.1, 0.15) is 12.6 Å². The topological polar surface area (TPSA) is 86.8 Å². The fraction of sp³-hybridized carbons (Fsp3) is 0.333. The first-order chi connectivity index (χ1) is 20.4. The summed E-state index contributed by atoms with van der Waals surface area (Å²) in [6.45, 7) is 5.67. The average molecular weight is 693 g/mol. The molecule has 0 aliphatic rings. The third-order valence-corrected chi connectivity index (χ3v) is 9.66. The molecule has 0 unspecified atom stereocenters. The van der Waals surface area contributed by atoms with Gasteiger partial charge >= 0.3 is 6.18 Å². The first-order valence-electron chi connectivity index (χ1n) is 13.5. The Hall–Kier alpha value is -2.99. The van der Waals surface area contributed by atoms with Crippen LogP contribution in [0.2, 0.25) is 15.1 Å². The van der Waals surface area contributed by atoms with E-state index >= 15 is 0 Å². The number of carbonyl (C=O) groups excluding carboxylic acids is 2. The van der Waals surface area contributed by atoms with E-state index in [9.17, 15) is 31.2 Å². The van der Waals surface area contributed by atoms with Crippen LogP contribution in [0.3, 0.4) is 0 Å². The molecule has 0 bridgehead atoms.